The lowest BCUT2D eigenvalue weighted by Gasteiger charge is -2.07. The van der Waals surface area contributed by atoms with Gasteiger partial charge < -0.3 is 5.11 Å². The van der Waals surface area contributed by atoms with Gasteiger partial charge in [-0.1, -0.05) is 44.5 Å². The molecule has 3 aromatic rings. The van der Waals surface area contributed by atoms with Gasteiger partial charge in [-0.15, -0.1) is 0 Å². The monoisotopic (exact) mass is 378 g/mol. The van der Waals surface area contributed by atoms with Gasteiger partial charge in [0.25, 0.3) is 0 Å². The highest BCUT2D eigenvalue weighted by Gasteiger charge is 2.13. The highest BCUT2D eigenvalue weighted by atomic mass is 16.4. The summed E-state index contributed by atoms with van der Waals surface area (Å²) in [7, 11) is 0. The standard InChI is InChI=1S/C22H26N4O2/c1-3-5-13-26-21(24-20(25-26)8-4-2)14-16-11-12-19(23-15-16)17-9-6-7-10-18(17)22(27)28/h6-7,9-12,15H,3-5,8,13-14H2,1-2H3,(H,27,28). The summed E-state index contributed by atoms with van der Waals surface area (Å²) in [6.07, 6.45) is 6.55. The summed E-state index contributed by atoms with van der Waals surface area (Å²) in [6.45, 7) is 5.17. The number of nitrogens with zero attached hydrogens (tertiary/aromatic N) is 4. The van der Waals surface area contributed by atoms with Crippen LogP contribution in [0.15, 0.2) is 42.6 Å². The van der Waals surface area contributed by atoms with Crippen LogP contribution in [0.1, 0.15) is 60.7 Å². The van der Waals surface area contributed by atoms with E-state index >= 15 is 0 Å². The van der Waals surface area contributed by atoms with Crippen molar-refractivity contribution in [2.24, 2.45) is 0 Å². The molecule has 0 saturated heterocycles. The van der Waals surface area contributed by atoms with Gasteiger partial charge in [-0.05, 0) is 30.5 Å². The van der Waals surface area contributed by atoms with Crippen molar-refractivity contribution in [3.8, 4) is 11.3 Å². The summed E-state index contributed by atoms with van der Waals surface area (Å²) in [5, 5.41) is 14.0. The molecule has 1 N–H and O–H groups in total. The molecule has 6 heteroatoms. The van der Waals surface area contributed by atoms with Crippen LogP contribution < -0.4 is 0 Å². The van der Waals surface area contributed by atoms with Crippen LogP contribution in [-0.4, -0.2) is 30.8 Å². The van der Waals surface area contributed by atoms with Crippen LogP contribution in [0.25, 0.3) is 11.3 Å². The molecule has 3 rings (SSSR count). The smallest absolute Gasteiger partial charge is 0.336 e. The van der Waals surface area contributed by atoms with Crippen LogP contribution in [0.4, 0.5) is 0 Å². The first-order valence-electron chi connectivity index (χ1n) is 9.82. The summed E-state index contributed by atoms with van der Waals surface area (Å²) in [5.74, 6) is 0.903. The van der Waals surface area contributed by atoms with Crippen LogP contribution in [0, 0.1) is 0 Å². The van der Waals surface area contributed by atoms with E-state index in [1.807, 2.05) is 22.9 Å². The molecule has 28 heavy (non-hydrogen) atoms. The third kappa shape index (κ3) is 4.63. The molecule has 0 unspecified atom stereocenters. The lowest BCUT2D eigenvalue weighted by Crippen LogP contribution is -2.07. The molecule has 2 aromatic heterocycles. The molecule has 0 spiro atoms. The van der Waals surface area contributed by atoms with Crippen molar-refractivity contribution < 1.29 is 9.90 Å². The highest BCUT2D eigenvalue weighted by molar-refractivity contribution is 5.95. The Balaban J connectivity index is 1.82. The zero-order valence-electron chi connectivity index (χ0n) is 16.4. The first-order chi connectivity index (χ1) is 13.6. The van der Waals surface area contributed by atoms with Crippen molar-refractivity contribution in [2.75, 3.05) is 0 Å². The number of rotatable bonds is 9. The number of benzene rings is 1. The number of pyridine rings is 1. The number of hydrogen-bond acceptors (Lipinski definition) is 4. The van der Waals surface area contributed by atoms with Crippen LogP contribution in [-0.2, 0) is 19.4 Å². The Hall–Kier alpha value is -3.02. The molecular weight excluding hydrogens is 352 g/mol. The van der Waals surface area contributed by atoms with Crippen molar-refractivity contribution in [2.45, 2.75) is 52.5 Å². The molecular formula is C22H26N4O2. The fourth-order valence-corrected chi connectivity index (χ4v) is 3.14. The normalized spacial score (nSPS) is 10.9. The molecule has 6 nitrogen and oxygen atoms in total. The number of unbranched alkanes of at least 4 members (excludes halogenated alkanes) is 1. The van der Waals surface area contributed by atoms with Crippen LogP contribution >= 0.6 is 0 Å². The maximum absolute atomic E-state index is 11.4. The van der Waals surface area contributed by atoms with E-state index in [-0.39, 0.29) is 5.56 Å². The SMILES string of the molecule is CCCCn1nc(CCC)nc1Cc1ccc(-c2ccccc2C(=O)O)nc1. The summed E-state index contributed by atoms with van der Waals surface area (Å²) < 4.78 is 2.02. The number of aromatic carboxylic acids is 1. The fourth-order valence-electron chi connectivity index (χ4n) is 3.14. The van der Waals surface area contributed by atoms with E-state index in [9.17, 15) is 9.90 Å². The zero-order chi connectivity index (χ0) is 19.9. The Morgan fingerprint density at radius 1 is 1.11 bits per heavy atom. The van der Waals surface area contributed by atoms with Crippen LogP contribution in [0.2, 0.25) is 0 Å². The lowest BCUT2D eigenvalue weighted by atomic mass is 10.0. The van der Waals surface area contributed by atoms with Gasteiger partial charge in [0, 0.05) is 31.1 Å². The van der Waals surface area contributed by atoms with Gasteiger partial charge in [-0.2, -0.15) is 5.10 Å². The van der Waals surface area contributed by atoms with Crippen molar-refractivity contribution in [3.63, 3.8) is 0 Å². The maximum Gasteiger partial charge on any atom is 0.336 e. The number of aromatic nitrogens is 4. The molecule has 0 aliphatic heterocycles. The Bertz CT molecular complexity index is 932. The molecule has 1 aromatic carbocycles. The second-order valence-corrected chi connectivity index (χ2v) is 6.85. The van der Waals surface area contributed by atoms with E-state index < -0.39 is 5.97 Å². The summed E-state index contributed by atoms with van der Waals surface area (Å²) in [6, 6.07) is 10.8. The van der Waals surface area contributed by atoms with E-state index in [1.165, 1.54) is 0 Å². The van der Waals surface area contributed by atoms with Crippen molar-refractivity contribution in [3.05, 3.63) is 65.4 Å². The Kier molecular flexibility index (Phi) is 6.53. The van der Waals surface area contributed by atoms with Crippen molar-refractivity contribution in [1.82, 2.24) is 19.7 Å². The van der Waals surface area contributed by atoms with Gasteiger partial charge in [0.15, 0.2) is 5.82 Å². The van der Waals surface area contributed by atoms with E-state index in [0.29, 0.717) is 17.7 Å². The number of hydrogen-bond donors (Lipinski definition) is 1. The molecule has 146 valence electrons. The third-order valence-corrected chi connectivity index (χ3v) is 4.61. The quantitative estimate of drug-likeness (QED) is 0.597. The number of aryl methyl sites for hydroxylation is 2. The van der Waals surface area contributed by atoms with Gasteiger partial charge in [0.2, 0.25) is 0 Å². The summed E-state index contributed by atoms with van der Waals surface area (Å²) in [5.41, 5.74) is 2.56. The average molecular weight is 378 g/mol. The lowest BCUT2D eigenvalue weighted by molar-refractivity contribution is 0.0697. The Labute approximate surface area is 165 Å². The molecule has 0 fully saturated rings. The van der Waals surface area contributed by atoms with Gasteiger partial charge in [-0.25, -0.2) is 14.5 Å². The Morgan fingerprint density at radius 2 is 1.93 bits per heavy atom. The van der Waals surface area contributed by atoms with E-state index in [2.05, 4.69) is 23.9 Å². The summed E-state index contributed by atoms with van der Waals surface area (Å²) >= 11 is 0. The molecule has 2 heterocycles. The molecule has 0 atom stereocenters. The van der Waals surface area contributed by atoms with Crippen molar-refractivity contribution >= 4 is 5.97 Å². The zero-order valence-corrected chi connectivity index (χ0v) is 16.4. The second-order valence-electron chi connectivity index (χ2n) is 6.85. The molecule has 0 aliphatic carbocycles. The predicted molar refractivity (Wildman–Crippen MR) is 108 cm³/mol. The third-order valence-electron chi connectivity index (χ3n) is 4.61. The molecule has 0 aliphatic rings. The van der Waals surface area contributed by atoms with Crippen LogP contribution in [0.5, 0.6) is 0 Å². The molecule has 0 radical (unpaired) electrons. The fraction of sp³-hybridized carbons (Fsp3) is 0.364. The second kappa shape index (κ2) is 9.26. The number of carbonyl (C=O) groups is 1. The van der Waals surface area contributed by atoms with E-state index in [0.717, 1.165) is 49.4 Å². The predicted octanol–water partition coefficient (Wildman–Crippen LogP) is 4.38. The largest absolute Gasteiger partial charge is 0.478 e. The first-order valence-corrected chi connectivity index (χ1v) is 9.82. The topological polar surface area (TPSA) is 80.9 Å². The molecule has 0 amide bonds. The van der Waals surface area contributed by atoms with Gasteiger partial charge in [-0.3, -0.25) is 4.98 Å². The minimum atomic E-state index is -0.950. The van der Waals surface area contributed by atoms with Gasteiger partial charge in [0.05, 0.1) is 11.3 Å². The molecule has 0 bridgehead atoms. The summed E-state index contributed by atoms with van der Waals surface area (Å²) in [4.78, 5) is 20.7. The van der Waals surface area contributed by atoms with E-state index in [1.54, 1.807) is 24.4 Å². The minimum Gasteiger partial charge on any atom is -0.478 e. The first kappa shape index (κ1) is 19.7. The molecule has 0 saturated carbocycles. The number of carboxylic acids is 1. The van der Waals surface area contributed by atoms with E-state index in [4.69, 9.17) is 4.98 Å². The highest BCUT2D eigenvalue weighted by Crippen LogP contribution is 2.22. The number of carboxylic acid groups (broad SMARTS) is 1. The van der Waals surface area contributed by atoms with Crippen molar-refractivity contribution in [1.29, 1.82) is 0 Å². The maximum atomic E-state index is 11.4. The Morgan fingerprint density at radius 3 is 2.61 bits per heavy atom. The van der Waals surface area contributed by atoms with Crippen LogP contribution in [0.3, 0.4) is 0 Å². The van der Waals surface area contributed by atoms with Gasteiger partial charge >= 0.3 is 5.97 Å². The average Bonchev–Trinajstić information content (AvgIpc) is 3.08. The minimum absolute atomic E-state index is 0.256. The van der Waals surface area contributed by atoms with Gasteiger partial charge in [0.1, 0.15) is 5.82 Å².